The normalized spacial score (nSPS) is 15.7. The van der Waals surface area contributed by atoms with Crippen molar-refractivity contribution in [1.29, 1.82) is 0 Å². The molecule has 0 spiro atoms. The summed E-state index contributed by atoms with van der Waals surface area (Å²) in [6.45, 7) is 4.48. The zero-order valence-corrected chi connectivity index (χ0v) is 14.1. The first kappa shape index (κ1) is 19.4. The summed E-state index contributed by atoms with van der Waals surface area (Å²) in [5, 5.41) is 6.80. The fourth-order valence-corrected chi connectivity index (χ4v) is 2.24. The van der Waals surface area contributed by atoms with Crippen molar-refractivity contribution in [3.05, 3.63) is 12.4 Å². The van der Waals surface area contributed by atoms with Gasteiger partial charge in [0.15, 0.2) is 0 Å². The summed E-state index contributed by atoms with van der Waals surface area (Å²) in [5.41, 5.74) is 6.30. The predicted molar refractivity (Wildman–Crippen MR) is 88.4 cm³/mol. The monoisotopic (exact) mass is 345 g/mol. The molecule has 1 aliphatic heterocycles. The van der Waals surface area contributed by atoms with Crippen LogP contribution in [-0.4, -0.2) is 58.8 Å². The minimum atomic E-state index is -0.525. The van der Waals surface area contributed by atoms with Gasteiger partial charge in [0.05, 0.1) is 31.1 Å². The molecule has 1 aromatic rings. The molecule has 0 saturated carbocycles. The SMILES string of the molecule is CCCC(N)C(=O)Nc1cnn(CC(=O)N2CCOCC2)c1.Cl. The van der Waals surface area contributed by atoms with Crippen molar-refractivity contribution in [1.82, 2.24) is 14.7 Å². The van der Waals surface area contributed by atoms with Crippen molar-refractivity contribution < 1.29 is 14.3 Å². The van der Waals surface area contributed by atoms with Crippen molar-refractivity contribution in [3.63, 3.8) is 0 Å². The van der Waals surface area contributed by atoms with E-state index in [9.17, 15) is 9.59 Å². The number of hydrogen-bond donors (Lipinski definition) is 2. The maximum absolute atomic E-state index is 12.1. The van der Waals surface area contributed by atoms with E-state index < -0.39 is 6.04 Å². The van der Waals surface area contributed by atoms with Crippen LogP contribution in [0.25, 0.3) is 0 Å². The van der Waals surface area contributed by atoms with Gasteiger partial charge in [0.2, 0.25) is 11.8 Å². The maximum atomic E-state index is 12.1. The molecule has 1 atom stereocenters. The molecule has 23 heavy (non-hydrogen) atoms. The number of nitrogens with zero attached hydrogens (tertiary/aromatic N) is 3. The van der Waals surface area contributed by atoms with E-state index in [0.29, 0.717) is 38.4 Å². The molecule has 0 aliphatic carbocycles. The smallest absolute Gasteiger partial charge is 0.244 e. The Morgan fingerprint density at radius 2 is 2.13 bits per heavy atom. The van der Waals surface area contributed by atoms with Crippen molar-refractivity contribution >= 4 is 29.9 Å². The highest BCUT2D eigenvalue weighted by Crippen LogP contribution is 2.07. The van der Waals surface area contributed by atoms with Gasteiger partial charge in [0.1, 0.15) is 6.54 Å². The van der Waals surface area contributed by atoms with Crippen LogP contribution in [0, 0.1) is 0 Å². The lowest BCUT2D eigenvalue weighted by Crippen LogP contribution is -2.42. The molecule has 3 N–H and O–H groups in total. The number of carbonyl (C=O) groups is 2. The lowest BCUT2D eigenvalue weighted by atomic mass is 10.2. The minimum absolute atomic E-state index is 0. The number of ether oxygens (including phenoxy) is 1. The second-order valence-corrected chi connectivity index (χ2v) is 5.30. The van der Waals surface area contributed by atoms with E-state index in [1.54, 1.807) is 11.1 Å². The average Bonchev–Trinajstić information content (AvgIpc) is 2.95. The molecule has 0 bridgehead atoms. The molecular weight excluding hydrogens is 322 g/mol. The van der Waals surface area contributed by atoms with Crippen LogP contribution in [0.4, 0.5) is 5.69 Å². The summed E-state index contributed by atoms with van der Waals surface area (Å²) in [6.07, 6.45) is 4.63. The van der Waals surface area contributed by atoms with Crippen molar-refractivity contribution in [2.75, 3.05) is 31.6 Å². The summed E-state index contributed by atoms with van der Waals surface area (Å²) >= 11 is 0. The van der Waals surface area contributed by atoms with E-state index in [-0.39, 0.29) is 30.8 Å². The number of carbonyl (C=O) groups excluding carboxylic acids is 2. The van der Waals surface area contributed by atoms with Gasteiger partial charge in [-0.05, 0) is 6.42 Å². The Labute approximate surface area is 141 Å². The van der Waals surface area contributed by atoms with Gasteiger partial charge < -0.3 is 20.7 Å². The van der Waals surface area contributed by atoms with E-state index in [1.807, 2.05) is 6.92 Å². The Kier molecular flexibility index (Phi) is 8.01. The Morgan fingerprint density at radius 3 is 2.78 bits per heavy atom. The molecule has 2 heterocycles. The Hall–Kier alpha value is -1.64. The Morgan fingerprint density at radius 1 is 1.43 bits per heavy atom. The molecule has 1 saturated heterocycles. The van der Waals surface area contributed by atoms with Crippen LogP contribution < -0.4 is 11.1 Å². The highest BCUT2D eigenvalue weighted by Gasteiger charge is 2.18. The van der Waals surface area contributed by atoms with Gasteiger partial charge in [-0.3, -0.25) is 14.3 Å². The first-order chi connectivity index (χ1) is 10.6. The fourth-order valence-electron chi connectivity index (χ4n) is 2.24. The zero-order chi connectivity index (χ0) is 15.9. The van der Waals surface area contributed by atoms with Crippen LogP contribution in [0.15, 0.2) is 12.4 Å². The van der Waals surface area contributed by atoms with Gasteiger partial charge in [0.25, 0.3) is 0 Å². The third-order valence-electron chi connectivity index (χ3n) is 3.50. The predicted octanol–water partition coefficient (Wildman–Crippen LogP) is 0.230. The molecule has 1 aliphatic rings. The molecule has 0 aromatic carbocycles. The van der Waals surface area contributed by atoms with E-state index in [4.69, 9.17) is 10.5 Å². The topological polar surface area (TPSA) is 102 Å². The quantitative estimate of drug-likeness (QED) is 0.768. The zero-order valence-electron chi connectivity index (χ0n) is 13.2. The third kappa shape index (κ3) is 5.81. The number of nitrogens with one attached hydrogen (secondary N) is 1. The summed E-state index contributed by atoms with van der Waals surface area (Å²) in [6, 6.07) is -0.525. The molecule has 1 aromatic heterocycles. The number of amides is 2. The summed E-state index contributed by atoms with van der Waals surface area (Å²) in [7, 11) is 0. The number of hydrogen-bond acceptors (Lipinski definition) is 5. The van der Waals surface area contributed by atoms with Gasteiger partial charge in [-0.1, -0.05) is 13.3 Å². The van der Waals surface area contributed by atoms with Crippen LogP contribution in [0.5, 0.6) is 0 Å². The minimum Gasteiger partial charge on any atom is -0.378 e. The molecule has 130 valence electrons. The molecule has 1 fully saturated rings. The fraction of sp³-hybridized carbons (Fsp3) is 0.643. The standard InChI is InChI=1S/C14H23N5O3.ClH/c1-2-3-12(15)14(21)17-11-8-16-19(9-11)10-13(20)18-4-6-22-7-5-18;/h8-9,12H,2-7,10,15H2,1H3,(H,17,21);1H. The largest absolute Gasteiger partial charge is 0.378 e. The van der Waals surface area contributed by atoms with Crippen molar-refractivity contribution in [2.24, 2.45) is 5.73 Å². The van der Waals surface area contributed by atoms with Crippen molar-refractivity contribution in [2.45, 2.75) is 32.4 Å². The summed E-state index contributed by atoms with van der Waals surface area (Å²) in [5.74, 6) is -0.243. The number of nitrogens with two attached hydrogens (primary N) is 1. The highest BCUT2D eigenvalue weighted by molar-refractivity contribution is 5.94. The molecule has 9 heteroatoms. The summed E-state index contributed by atoms with van der Waals surface area (Å²) < 4.78 is 6.73. The van der Waals surface area contributed by atoms with E-state index in [2.05, 4.69) is 10.4 Å². The first-order valence-electron chi connectivity index (χ1n) is 7.54. The lowest BCUT2D eigenvalue weighted by molar-refractivity contribution is -0.136. The Balaban J connectivity index is 0.00000264. The number of halogens is 1. The molecule has 2 rings (SSSR count). The average molecular weight is 346 g/mol. The van der Waals surface area contributed by atoms with Crippen LogP contribution in [0.1, 0.15) is 19.8 Å². The van der Waals surface area contributed by atoms with Crippen LogP contribution in [0.2, 0.25) is 0 Å². The van der Waals surface area contributed by atoms with Crippen LogP contribution in [-0.2, 0) is 20.9 Å². The Bertz CT molecular complexity index is 516. The van der Waals surface area contributed by atoms with E-state index in [1.165, 1.54) is 10.9 Å². The number of rotatable bonds is 6. The molecule has 1 unspecified atom stereocenters. The van der Waals surface area contributed by atoms with Crippen molar-refractivity contribution in [3.8, 4) is 0 Å². The third-order valence-corrected chi connectivity index (χ3v) is 3.50. The van der Waals surface area contributed by atoms with Gasteiger partial charge in [-0.2, -0.15) is 5.10 Å². The lowest BCUT2D eigenvalue weighted by Gasteiger charge is -2.26. The highest BCUT2D eigenvalue weighted by atomic mass is 35.5. The van der Waals surface area contributed by atoms with Gasteiger partial charge in [-0.15, -0.1) is 12.4 Å². The van der Waals surface area contributed by atoms with Gasteiger partial charge in [0, 0.05) is 19.3 Å². The second kappa shape index (κ2) is 9.49. The first-order valence-corrected chi connectivity index (χ1v) is 7.54. The molecule has 0 radical (unpaired) electrons. The number of anilines is 1. The number of aromatic nitrogens is 2. The van der Waals surface area contributed by atoms with E-state index >= 15 is 0 Å². The van der Waals surface area contributed by atoms with Crippen LogP contribution >= 0.6 is 12.4 Å². The van der Waals surface area contributed by atoms with Crippen LogP contribution in [0.3, 0.4) is 0 Å². The van der Waals surface area contributed by atoms with E-state index in [0.717, 1.165) is 6.42 Å². The number of morpholine rings is 1. The van der Waals surface area contributed by atoms with Gasteiger partial charge >= 0.3 is 0 Å². The molecule has 2 amide bonds. The maximum Gasteiger partial charge on any atom is 0.244 e. The second-order valence-electron chi connectivity index (χ2n) is 5.30. The summed E-state index contributed by atoms with van der Waals surface area (Å²) in [4.78, 5) is 25.7. The molecular formula is C14H24ClN5O3. The molecule has 8 nitrogen and oxygen atoms in total. The van der Waals surface area contributed by atoms with Gasteiger partial charge in [-0.25, -0.2) is 0 Å².